The summed E-state index contributed by atoms with van der Waals surface area (Å²) in [6.45, 7) is 7.37. The van der Waals surface area contributed by atoms with Gasteiger partial charge >= 0.3 is 0 Å². The molecule has 0 atom stereocenters. The number of rotatable bonds is 12. The number of hydrogen-bond donors (Lipinski definition) is 1. The SMILES string of the molecule is CCCCc1ccc(C(=O)N(CCCOCC)CC(=O)Nc2cc(C)on2)cc1. The average Bonchev–Trinajstić information content (AvgIpc) is 3.13. The van der Waals surface area contributed by atoms with Gasteiger partial charge < -0.3 is 19.5 Å². The molecule has 1 aromatic carbocycles. The van der Waals surface area contributed by atoms with Gasteiger partial charge in [0.15, 0.2) is 5.82 Å². The summed E-state index contributed by atoms with van der Waals surface area (Å²) in [5.41, 5.74) is 1.79. The van der Waals surface area contributed by atoms with E-state index >= 15 is 0 Å². The molecule has 29 heavy (non-hydrogen) atoms. The molecule has 1 heterocycles. The molecule has 0 saturated heterocycles. The van der Waals surface area contributed by atoms with Crippen molar-refractivity contribution < 1.29 is 18.8 Å². The number of hydrogen-bond acceptors (Lipinski definition) is 5. The molecule has 158 valence electrons. The molecule has 0 aliphatic rings. The Hall–Kier alpha value is -2.67. The van der Waals surface area contributed by atoms with Gasteiger partial charge in [-0.25, -0.2) is 0 Å². The molecule has 0 unspecified atom stereocenters. The maximum Gasteiger partial charge on any atom is 0.254 e. The summed E-state index contributed by atoms with van der Waals surface area (Å²) >= 11 is 0. The van der Waals surface area contributed by atoms with Crippen LogP contribution in [-0.4, -0.2) is 48.2 Å². The summed E-state index contributed by atoms with van der Waals surface area (Å²) in [4.78, 5) is 27.0. The Morgan fingerprint density at radius 2 is 1.93 bits per heavy atom. The van der Waals surface area contributed by atoms with Crippen LogP contribution in [0.25, 0.3) is 0 Å². The lowest BCUT2D eigenvalue weighted by atomic mass is 10.1. The van der Waals surface area contributed by atoms with E-state index in [0.717, 1.165) is 19.3 Å². The minimum absolute atomic E-state index is 0.0611. The van der Waals surface area contributed by atoms with E-state index in [1.165, 1.54) is 5.56 Å². The molecule has 0 aliphatic carbocycles. The van der Waals surface area contributed by atoms with Gasteiger partial charge in [0.1, 0.15) is 12.3 Å². The smallest absolute Gasteiger partial charge is 0.254 e. The second-order valence-corrected chi connectivity index (χ2v) is 6.95. The monoisotopic (exact) mass is 401 g/mol. The highest BCUT2D eigenvalue weighted by molar-refractivity contribution is 5.99. The molecule has 2 aromatic rings. The maximum absolute atomic E-state index is 13.0. The van der Waals surface area contributed by atoms with Crippen LogP contribution < -0.4 is 5.32 Å². The van der Waals surface area contributed by atoms with Crippen molar-refractivity contribution in [1.82, 2.24) is 10.1 Å². The largest absolute Gasteiger partial charge is 0.382 e. The molecule has 0 bridgehead atoms. The van der Waals surface area contributed by atoms with Crippen LogP contribution in [0.4, 0.5) is 5.82 Å². The van der Waals surface area contributed by atoms with Crippen molar-refractivity contribution in [3.63, 3.8) is 0 Å². The lowest BCUT2D eigenvalue weighted by Gasteiger charge is -2.22. The zero-order chi connectivity index (χ0) is 21.1. The Balaban J connectivity index is 2.02. The molecule has 0 aliphatic heterocycles. The van der Waals surface area contributed by atoms with E-state index in [4.69, 9.17) is 9.26 Å². The first-order valence-corrected chi connectivity index (χ1v) is 10.2. The number of anilines is 1. The first kappa shape index (κ1) is 22.6. The number of carbonyl (C=O) groups is 2. The highest BCUT2D eigenvalue weighted by atomic mass is 16.5. The van der Waals surface area contributed by atoms with Crippen molar-refractivity contribution >= 4 is 17.6 Å². The summed E-state index contributed by atoms with van der Waals surface area (Å²) in [7, 11) is 0. The minimum atomic E-state index is -0.317. The number of nitrogens with one attached hydrogen (secondary N) is 1. The zero-order valence-electron chi connectivity index (χ0n) is 17.6. The number of carbonyl (C=O) groups excluding carboxylic acids is 2. The van der Waals surface area contributed by atoms with Crippen molar-refractivity contribution in [2.75, 3.05) is 31.6 Å². The summed E-state index contributed by atoms with van der Waals surface area (Å²) < 4.78 is 10.3. The van der Waals surface area contributed by atoms with E-state index in [0.29, 0.717) is 43.3 Å². The lowest BCUT2D eigenvalue weighted by Crippen LogP contribution is -2.39. The van der Waals surface area contributed by atoms with Crippen molar-refractivity contribution in [3.8, 4) is 0 Å². The van der Waals surface area contributed by atoms with E-state index in [-0.39, 0.29) is 18.4 Å². The number of aryl methyl sites for hydroxylation is 2. The molecule has 0 spiro atoms. The maximum atomic E-state index is 13.0. The fraction of sp³-hybridized carbons (Fsp3) is 0.500. The Labute approximate surface area is 172 Å². The van der Waals surface area contributed by atoms with E-state index in [2.05, 4.69) is 17.4 Å². The number of unbranched alkanes of at least 4 members (excludes halogenated alkanes) is 1. The summed E-state index contributed by atoms with van der Waals surface area (Å²) in [6.07, 6.45) is 3.92. The Kier molecular flexibility index (Phi) is 9.37. The van der Waals surface area contributed by atoms with Crippen molar-refractivity contribution in [2.45, 2.75) is 46.5 Å². The summed E-state index contributed by atoms with van der Waals surface area (Å²) in [5, 5.41) is 6.42. The van der Waals surface area contributed by atoms with Gasteiger partial charge in [0.2, 0.25) is 5.91 Å². The predicted molar refractivity (Wildman–Crippen MR) is 112 cm³/mol. The molecule has 2 rings (SSSR count). The Morgan fingerprint density at radius 1 is 1.17 bits per heavy atom. The van der Waals surface area contributed by atoms with E-state index < -0.39 is 0 Å². The van der Waals surface area contributed by atoms with Crippen molar-refractivity contribution in [1.29, 1.82) is 0 Å². The Bertz CT molecular complexity index is 771. The molecule has 2 amide bonds. The standard InChI is InChI=1S/C22H31N3O4/c1-4-6-8-18-9-11-19(12-10-18)22(27)25(13-7-14-28-5-2)16-21(26)23-20-15-17(3)29-24-20/h9-12,15H,4-8,13-14,16H2,1-3H3,(H,23,24,26). The summed E-state index contributed by atoms with van der Waals surface area (Å²) in [6, 6.07) is 9.27. The number of ether oxygens (including phenoxy) is 1. The van der Waals surface area contributed by atoms with Crippen LogP contribution >= 0.6 is 0 Å². The van der Waals surface area contributed by atoms with Gasteiger partial charge in [0.05, 0.1) is 0 Å². The number of aromatic nitrogens is 1. The predicted octanol–water partition coefficient (Wildman–Crippen LogP) is 3.83. The topological polar surface area (TPSA) is 84.7 Å². The molecule has 1 aromatic heterocycles. The molecular weight excluding hydrogens is 370 g/mol. The second-order valence-electron chi connectivity index (χ2n) is 6.95. The molecular formula is C22H31N3O4. The highest BCUT2D eigenvalue weighted by Crippen LogP contribution is 2.12. The van der Waals surface area contributed by atoms with E-state index in [1.54, 1.807) is 17.9 Å². The van der Waals surface area contributed by atoms with Crippen molar-refractivity contribution in [2.24, 2.45) is 0 Å². The molecule has 1 N–H and O–H groups in total. The first-order valence-electron chi connectivity index (χ1n) is 10.2. The van der Waals surface area contributed by atoms with Gasteiger partial charge in [0, 0.05) is 31.4 Å². The van der Waals surface area contributed by atoms with Gasteiger partial charge in [-0.1, -0.05) is 30.6 Å². The number of nitrogens with zero attached hydrogens (tertiary/aromatic N) is 2. The molecule has 7 nitrogen and oxygen atoms in total. The number of benzene rings is 1. The van der Waals surface area contributed by atoms with E-state index in [9.17, 15) is 9.59 Å². The minimum Gasteiger partial charge on any atom is -0.382 e. The van der Waals surface area contributed by atoms with Crippen LogP contribution in [0.15, 0.2) is 34.9 Å². The van der Waals surface area contributed by atoms with Gasteiger partial charge in [-0.05, 0) is 50.8 Å². The van der Waals surface area contributed by atoms with Crippen LogP contribution in [0.1, 0.15) is 54.8 Å². The second kappa shape index (κ2) is 12.0. The fourth-order valence-corrected chi connectivity index (χ4v) is 2.91. The van der Waals surface area contributed by atoms with Crippen LogP contribution in [0.2, 0.25) is 0 Å². The van der Waals surface area contributed by atoms with E-state index in [1.807, 2.05) is 31.2 Å². The third-order valence-corrected chi connectivity index (χ3v) is 4.46. The average molecular weight is 402 g/mol. The molecule has 0 saturated carbocycles. The van der Waals surface area contributed by atoms with Crippen molar-refractivity contribution in [3.05, 3.63) is 47.2 Å². The van der Waals surface area contributed by atoms with Crippen LogP contribution in [0.3, 0.4) is 0 Å². The third-order valence-electron chi connectivity index (χ3n) is 4.46. The van der Waals surface area contributed by atoms with Gasteiger partial charge in [0.25, 0.3) is 5.91 Å². The number of amides is 2. The molecule has 0 fully saturated rings. The normalized spacial score (nSPS) is 10.7. The van der Waals surface area contributed by atoms with Gasteiger partial charge in [-0.3, -0.25) is 9.59 Å². The zero-order valence-corrected chi connectivity index (χ0v) is 17.6. The molecule has 0 radical (unpaired) electrons. The van der Waals surface area contributed by atoms with Crippen LogP contribution in [0.5, 0.6) is 0 Å². The highest BCUT2D eigenvalue weighted by Gasteiger charge is 2.19. The van der Waals surface area contributed by atoms with Gasteiger partial charge in [-0.15, -0.1) is 0 Å². The fourth-order valence-electron chi connectivity index (χ4n) is 2.91. The Morgan fingerprint density at radius 3 is 2.55 bits per heavy atom. The van der Waals surface area contributed by atoms with Gasteiger partial charge in [-0.2, -0.15) is 0 Å². The van der Waals surface area contributed by atoms with Crippen LogP contribution in [-0.2, 0) is 16.0 Å². The third kappa shape index (κ3) is 7.69. The molecule has 7 heteroatoms. The summed E-state index contributed by atoms with van der Waals surface area (Å²) in [5.74, 6) is 0.459. The lowest BCUT2D eigenvalue weighted by molar-refractivity contribution is -0.117. The van der Waals surface area contributed by atoms with Crippen LogP contribution in [0, 0.1) is 6.92 Å². The quantitative estimate of drug-likeness (QED) is 0.546. The first-order chi connectivity index (χ1) is 14.0.